The van der Waals surface area contributed by atoms with Gasteiger partial charge in [0.2, 0.25) is 0 Å². The molecule has 1 fully saturated rings. The van der Waals surface area contributed by atoms with E-state index in [1.165, 1.54) is 39.5 Å². The number of fused-ring (bicyclic) bond motifs is 1. The second-order valence-electron chi connectivity index (χ2n) is 6.89. The molecule has 1 N–H and O–H groups in total. The highest BCUT2D eigenvalue weighted by Gasteiger charge is 2.25. The van der Waals surface area contributed by atoms with E-state index in [9.17, 15) is 0 Å². The highest BCUT2D eigenvalue weighted by atomic mass is 79.9. The number of rotatable bonds is 1. The van der Waals surface area contributed by atoms with Gasteiger partial charge in [0.1, 0.15) is 0 Å². The average Bonchev–Trinajstić information content (AvgIpc) is 2.97. The second kappa shape index (κ2) is 4.88. The van der Waals surface area contributed by atoms with Crippen molar-refractivity contribution in [3.63, 3.8) is 0 Å². The van der Waals surface area contributed by atoms with Gasteiger partial charge in [0.25, 0.3) is 0 Å². The maximum Gasteiger partial charge on any atom is 0.0499 e. The van der Waals surface area contributed by atoms with Crippen molar-refractivity contribution < 1.29 is 0 Å². The summed E-state index contributed by atoms with van der Waals surface area (Å²) in [6.45, 7) is 7.94. The molecule has 0 radical (unpaired) electrons. The quantitative estimate of drug-likeness (QED) is 0.802. The van der Waals surface area contributed by atoms with E-state index in [-0.39, 0.29) is 5.41 Å². The van der Waals surface area contributed by atoms with Crippen molar-refractivity contribution >= 4 is 26.8 Å². The summed E-state index contributed by atoms with van der Waals surface area (Å²) in [6.07, 6.45) is 2.50. The summed E-state index contributed by atoms with van der Waals surface area (Å²) < 4.78 is 3.61. The van der Waals surface area contributed by atoms with E-state index in [0.717, 1.165) is 6.54 Å². The molecule has 0 spiro atoms. The molecule has 0 amide bonds. The summed E-state index contributed by atoms with van der Waals surface area (Å²) in [5.41, 5.74) is 4.29. The Morgan fingerprint density at radius 2 is 2.05 bits per heavy atom. The number of aromatic nitrogens is 1. The number of hydrogen-bond donors (Lipinski definition) is 1. The van der Waals surface area contributed by atoms with Gasteiger partial charge >= 0.3 is 0 Å². The molecule has 20 heavy (non-hydrogen) atoms. The molecule has 3 heteroatoms. The maximum absolute atomic E-state index is 3.85. The molecule has 1 atom stereocenters. The molecule has 0 bridgehead atoms. The molecular formula is C17H23BrN2. The molecule has 0 saturated carbocycles. The van der Waals surface area contributed by atoms with Crippen molar-refractivity contribution in [3.8, 4) is 0 Å². The third-order valence-corrected chi connectivity index (χ3v) is 5.27. The van der Waals surface area contributed by atoms with Gasteiger partial charge < -0.3 is 9.88 Å². The molecule has 2 nitrogen and oxygen atoms in total. The summed E-state index contributed by atoms with van der Waals surface area (Å²) in [6, 6.07) is 7.36. The maximum atomic E-state index is 3.85. The third-order valence-electron chi connectivity index (χ3n) is 4.44. The predicted octanol–water partition coefficient (Wildman–Crippen LogP) is 4.66. The first-order valence-electron chi connectivity index (χ1n) is 7.41. The molecule has 1 unspecified atom stereocenters. The summed E-state index contributed by atoms with van der Waals surface area (Å²) in [5, 5.41) is 4.95. The van der Waals surface area contributed by atoms with Gasteiger partial charge in [-0.2, -0.15) is 0 Å². The molecular weight excluding hydrogens is 312 g/mol. The van der Waals surface area contributed by atoms with Crippen molar-refractivity contribution in [3.05, 3.63) is 33.9 Å². The molecule has 2 aromatic rings. The van der Waals surface area contributed by atoms with E-state index in [0.29, 0.717) is 6.04 Å². The van der Waals surface area contributed by atoms with Crippen LogP contribution in [0.25, 0.3) is 10.9 Å². The van der Waals surface area contributed by atoms with Crippen molar-refractivity contribution in [1.29, 1.82) is 0 Å². The number of nitrogens with zero attached hydrogens (tertiary/aromatic N) is 1. The van der Waals surface area contributed by atoms with E-state index >= 15 is 0 Å². The molecule has 1 saturated heterocycles. The number of halogens is 1. The van der Waals surface area contributed by atoms with Gasteiger partial charge in [0, 0.05) is 34.2 Å². The Labute approximate surface area is 129 Å². The van der Waals surface area contributed by atoms with Crippen molar-refractivity contribution in [2.45, 2.75) is 45.1 Å². The summed E-state index contributed by atoms with van der Waals surface area (Å²) in [7, 11) is 2.18. The molecule has 108 valence electrons. The van der Waals surface area contributed by atoms with Gasteiger partial charge in [-0.1, -0.05) is 26.8 Å². The van der Waals surface area contributed by atoms with Crippen molar-refractivity contribution in [2.24, 2.45) is 7.05 Å². The Morgan fingerprint density at radius 1 is 1.30 bits per heavy atom. The Bertz CT molecular complexity index is 643. The lowest BCUT2D eigenvalue weighted by Gasteiger charge is -2.19. The lowest BCUT2D eigenvalue weighted by atomic mass is 9.86. The van der Waals surface area contributed by atoms with Gasteiger partial charge in [-0.3, -0.25) is 0 Å². The predicted molar refractivity (Wildman–Crippen MR) is 89.3 cm³/mol. The van der Waals surface area contributed by atoms with E-state index in [2.05, 4.69) is 71.8 Å². The highest BCUT2D eigenvalue weighted by molar-refractivity contribution is 9.10. The van der Waals surface area contributed by atoms with Crippen LogP contribution in [0.1, 0.15) is 50.9 Å². The Balaban J connectivity index is 2.19. The number of benzene rings is 1. The van der Waals surface area contributed by atoms with E-state index in [4.69, 9.17) is 0 Å². The monoisotopic (exact) mass is 334 g/mol. The fourth-order valence-electron chi connectivity index (χ4n) is 3.19. The van der Waals surface area contributed by atoms with Gasteiger partial charge in [-0.05, 0) is 58.4 Å². The highest BCUT2D eigenvalue weighted by Crippen LogP contribution is 2.38. The number of aryl methyl sites for hydroxylation is 1. The van der Waals surface area contributed by atoms with Gasteiger partial charge in [-0.15, -0.1) is 0 Å². The van der Waals surface area contributed by atoms with Crippen LogP contribution in [0.4, 0.5) is 0 Å². The van der Waals surface area contributed by atoms with E-state index < -0.39 is 0 Å². The van der Waals surface area contributed by atoms with Gasteiger partial charge in [-0.25, -0.2) is 0 Å². The molecule has 0 aliphatic carbocycles. The van der Waals surface area contributed by atoms with E-state index in [1.807, 2.05) is 0 Å². The van der Waals surface area contributed by atoms with E-state index in [1.54, 1.807) is 0 Å². The van der Waals surface area contributed by atoms with Gasteiger partial charge in [0.05, 0.1) is 0 Å². The molecule has 3 rings (SSSR count). The number of nitrogens with one attached hydrogen (secondary N) is 1. The zero-order valence-corrected chi connectivity index (χ0v) is 14.3. The standard InChI is InChI=1S/C17H23BrN2/c1-17(2,3)11-7-8-14-12(10-11)15(18)16(20(14)4)13-6-5-9-19-13/h7-8,10,13,19H,5-6,9H2,1-4H3. The van der Waals surface area contributed by atoms with Crippen molar-refractivity contribution in [2.75, 3.05) is 6.54 Å². The number of hydrogen-bond acceptors (Lipinski definition) is 1. The second-order valence-corrected chi connectivity index (χ2v) is 7.68. The normalized spacial score (nSPS) is 19.9. The SMILES string of the molecule is Cn1c(C2CCCN2)c(Br)c2cc(C(C)(C)C)ccc21. The molecule has 1 aromatic heterocycles. The minimum absolute atomic E-state index is 0.190. The molecule has 1 aromatic carbocycles. The molecule has 2 heterocycles. The van der Waals surface area contributed by atoms with Crippen LogP contribution in [0.3, 0.4) is 0 Å². The van der Waals surface area contributed by atoms with Gasteiger partial charge in [0.15, 0.2) is 0 Å². The van der Waals surface area contributed by atoms with Crippen LogP contribution >= 0.6 is 15.9 Å². The first kappa shape index (κ1) is 14.2. The third kappa shape index (κ3) is 2.21. The van der Waals surface area contributed by atoms with Crippen LogP contribution in [0.2, 0.25) is 0 Å². The van der Waals surface area contributed by atoms with Crippen LogP contribution in [-0.4, -0.2) is 11.1 Å². The summed E-state index contributed by atoms with van der Waals surface area (Å²) >= 11 is 3.85. The minimum atomic E-state index is 0.190. The first-order chi connectivity index (χ1) is 9.39. The van der Waals surface area contributed by atoms with Crippen LogP contribution in [0.15, 0.2) is 22.7 Å². The molecule has 1 aliphatic rings. The topological polar surface area (TPSA) is 17.0 Å². The fraction of sp³-hybridized carbons (Fsp3) is 0.529. The van der Waals surface area contributed by atoms with Crippen LogP contribution in [-0.2, 0) is 12.5 Å². The zero-order chi connectivity index (χ0) is 14.5. The van der Waals surface area contributed by atoms with Crippen LogP contribution in [0.5, 0.6) is 0 Å². The lowest BCUT2D eigenvalue weighted by Crippen LogP contribution is -2.16. The Kier molecular flexibility index (Phi) is 3.46. The smallest absolute Gasteiger partial charge is 0.0499 e. The van der Waals surface area contributed by atoms with Crippen LogP contribution in [0, 0.1) is 0 Å². The fourth-order valence-corrected chi connectivity index (χ4v) is 4.05. The average molecular weight is 335 g/mol. The summed E-state index contributed by atoms with van der Waals surface area (Å²) in [4.78, 5) is 0. The zero-order valence-electron chi connectivity index (χ0n) is 12.8. The van der Waals surface area contributed by atoms with Crippen LogP contribution < -0.4 is 5.32 Å². The Morgan fingerprint density at radius 3 is 2.65 bits per heavy atom. The summed E-state index contributed by atoms with van der Waals surface area (Å²) in [5.74, 6) is 0. The lowest BCUT2D eigenvalue weighted by molar-refractivity contribution is 0.591. The van der Waals surface area contributed by atoms with Crippen molar-refractivity contribution in [1.82, 2.24) is 9.88 Å². The first-order valence-corrected chi connectivity index (χ1v) is 8.20. The minimum Gasteiger partial charge on any atom is -0.345 e. The Hall–Kier alpha value is -0.800. The largest absolute Gasteiger partial charge is 0.345 e. The molecule has 1 aliphatic heterocycles.